The number of esters is 2. The van der Waals surface area contributed by atoms with Crippen molar-refractivity contribution in [2.24, 2.45) is 0 Å². The molecule has 13 heteroatoms. The molecule has 2 rings (SSSR count). The van der Waals surface area contributed by atoms with Crippen LogP contribution >= 0.6 is 0 Å². The van der Waals surface area contributed by atoms with Crippen molar-refractivity contribution in [1.29, 1.82) is 0 Å². The molecule has 0 atom stereocenters. The number of nitrogens with one attached hydrogen (secondary N) is 1. The molecule has 0 saturated carbocycles. The molecule has 1 aromatic carbocycles. The molecule has 0 radical (unpaired) electrons. The van der Waals surface area contributed by atoms with E-state index in [1.54, 1.807) is 14.1 Å². The van der Waals surface area contributed by atoms with E-state index in [0.717, 1.165) is 6.07 Å². The summed E-state index contributed by atoms with van der Waals surface area (Å²) in [6.07, 6.45) is 0. The maximum absolute atomic E-state index is 12.4. The minimum Gasteiger partial charge on any atom is -0.463 e. The SMILES string of the molecule is COC(=O)c1ccc(COC(=O)CNS(=O)(=O)c2ccc(N(C)C)c([N+](=O)[O-])c2)o1. The second-order valence-corrected chi connectivity index (χ2v) is 7.81. The maximum Gasteiger partial charge on any atom is 0.373 e. The number of carbonyl (C=O) groups is 2. The number of nitrogens with zero attached hydrogens (tertiary/aromatic N) is 2. The van der Waals surface area contributed by atoms with Crippen molar-refractivity contribution in [2.45, 2.75) is 11.5 Å². The number of ether oxygens (including phenoxy) is 2. The number of nitro groups is 1. The van der Waals surface area contributed by atoms with Crippen LogP contribution in [0, 0.1) is 10.1 Å². The van der Waals surface area contributed by atoms with Gasteiger partial charge in [0.25, 0.3) is 5.69 Å². The highest BCUT2D eigenvalue weighted by molar-refractivity contribution is 7.89. The molecule has 0 spiro atoms. The van der Waals surface area contributed by atoms with Crippen LogP contribution in [0.2, 0.25) is 0 Å². The van der Waals surface area contributed by atoms with Crippen molar-refractivity contribution >= 4 is 33.3 Å². The number of carbonyl (C=O) groups excluding carboxylic acids is 2. The Morgan fingerprint density at radius 1 is 1.23 bits per heavy atom. The molecule has 162 valence electrons. The van der Waals surface area contributed by atoms with E-state index in [4.69, 9.17) is 9.15 Å². The van der Waals surface area contributed by atoms with Gasteiger partial charge in [-0.3, -0.25) is 14.9 Å². The predicted molar refractivity (Wildman–Crippen MR) is 102 cm³/mol. The monoisotopic (exact) mass is 441 g/mol. The minimum atomic E-state index is -4.21. The van der Waals surface area contributed by atoms with Crippen LogP contribution in [-0.2, 0) is 30.9 Å². The predicted octanol–water partition coefficient (Wildman–Crippen LogP) is 1.06. The van der Waals surface area contributed by atoms with Crippen LogP contribution in [-0.4, -0.2) is 53.0 Å². The Kier molecular flexibility index (Phi) is 7.13. The Bertz CT molecular complexity index is 1060. The van der Waals surface area contributed by atoms with Crippen LogP contribution in [0.25, 0.3) is 0 Å². The lowest BCUT2D eigenvalue weighted by Gasteiger charge is -2.13. The molecule has 0 saturated heterocycles. The number of sulfonamides is 1. The van der Waals surface area contributed by atoms with Crippen molar-refractivity contribution in [2.75, 3.05) is 32.6 Å². The first-order valence-corrected chi connectivity index (χ1v) is 9.81. The van der Waals surface area contributed by atoms with Crippen LogP contribution < -0.4 is 9.62 Å². The zero-order valence-electron chi connectivity index (χ0n) is 16.3. The summed E-state index contributed by atoms with van der Waals surface area (Å²) in [5.74, 6) is -1.54. The smallest absolute Gasteiger partial charge is 0.373 e. The summed E-state index contributed by atoms with van der Waals surface area (Å²) in [7, 11) is 0.137. The molecule has 2 aromatic rings. The molecule has 12 nitrogen and oxygen atoms in total. The Labute approximate surface area is 171 Å². The van der Waals surface area contributed by atoms with Crippen molar-refractivity contribution in [3.8, 4) is 0 Å². The number of methoxy groups -OCH3 is 1. The van der Waals surface area contributed by atoms with E-state index >= 15 is 0 Å². The average molecular weight is 441 g/mol. The van der Waals surface area contributed by atoms with Crippen LogP contribution in [0.4, 0.5) is 11.4 Å². The highest BCUT2D eigenvalue weighted by atomic mass is 32.2. The second kappa shape index (κ2) is 9.37. The number of anilines is 1. The molecule has 0 amide bonds. The van der Waals surface area contributed by atoms with Gasteiger partial charge >= 0.3 is 11.9 Å². The van der Waals surface area contributed by atoms with E-state index in [9.17, 15) is 28.1 Å². The number of hydrogen-bond acceptors (Lipinski definition) is 10. The molecule has 0 aliphatic rings. The standard InChI is InChI=1S/C17H19N3O9S/c1-19(2)13-6-5-12(8-14(13)20(23)24)30(25,26)18-9-16(21)28-10-11-4-7-15(29-11)17(22)27-3/h4-8,18H,9-10H2,1-3H3. The second-order valence-electron chi connectivity index (χ2n) is 6.04. The lowest BCUT2D eigenvalue weighted by atomic mass is 10.2. The van der Waals surface area contributed by atoms with Crippen molar-refractivity contribution in [3.05, 3.63) is 52.0 Å². The largest absolute Gasteiger partial charge is 0.463 e. The van der Waals surface area contributed by atoms with E-state index < -0.39 is 39.1 Å². The molecule has 0 aliphatic heterocycles. The quantitative estimate of drug-likeness (QED) is 0.339. The third kappa shape index (κ3) is 5.55. The van der Waals surface area contributed by atoms with Gasteiger partial charge in [-0.05, 0) is 24.3 Å². The van der Waals surface area contributed by atoms with Crippen LogP contribution in [0.5, 0.6) is 0 Å². The summed E-state index contributed by atoms with van der Waals surface area (Å²) in [4.78, 5) is 34.7. The van der Waals surface area contributed by atoms with E-state index in [1.807, 2.05) is 4.72 Å². The van der Waals surface area contributed by atoms with Gasteiger partial charge in [-0.25, -0.2) is 13.2 Å². The molecule has 1 aromatic heterocycles. The van der Waals surface area contributed by atoms with Crippen molar-refractivity contribution < 1.29 is 36.8 Å². The van der Waals surface area contributed by atoms with E-state index in [0.29, 0.717) is 0 Å². The highest BCUT2D eigenvalue weighted by Crippen LogP contribution is 2.29. The summed E-state index contributed by atoms with van der Waals surface area (Å²) in [6.45, 7) is -1.04. The summed E-state index contributed by atoms with van der Waals surface area (Å²) in [5.41, 5.74) is -0.173. The first-order chi connectivity index (χ1) is 14.0. The van der Waals surface area contributed by atoms with Crippen molar-refractivity contribution in [1.82, 2.24) is 4.72 Å². The number of rotatable bonds is 9. The number of nitro benzene ring substituents is 1. The van der Waals surface area contributed by atoms with Gasteiger partial charge in [0.2, 0.25) is 15.8 Å². The van der Waals surface area contributed by atoms with Crippen molar-refractivity contribution in [3.63, 3.8) is 0 Å². The molecule has 0 bridgehead atoms. The lowest BCUT2D eigenvalue weighted by molar-refractivity contribution is -0.384. The van der Waals surface area contributed by atoms with Gasteiger partial charge in [-0.15, -0.1) is 0 Å². The topological polar surface area (TPSA) is 158 Å². The third-order valence-electron chi connectivity index (χ3n) is 3.77. The molecule has 30 heavy (non-hydrogen) atoms. The fraction of sp³-hybridized carbons (Fsp3) is 0.294. The van der Waals surface area contributed by atoms with Gasteiger partial charge in [0.1, 0.15) is 24.6 Å². The van der Waals surface area contributed by atoms with Gasteiger partial charge in [0, 0.05) is 20.2 Å². The highest BCUT2D eigenvalue weighted by Gasteiger charge is 2.23. The fourth-order valence-electron chi connectivity index (χ4n) is 2.30. The minimum absolute atomic E-state index is 0.0768. The lowest BCUT2D eigenvalue weighted by Crippen LogP contribution is -2.30. The average Bonchev–Trinajstić information content (AvgIpc) is 3.18. The first-order valence-electron chi connectivity index (χ1n) is 8.33. The zero-order valence-corrected chi connectivity index (χ0v) is 17.1. The van der Waals surface area contributed by atoms with Crippen LogP contribution in [0.1, 0.15) is 16.3 Å². The van der Waals surface area contributed by atoms with E-state index in [2.05, 4.69) is 4.74 Å². The van der Waals surface area contributed by atoms with E-state index in [-0.39, 0.29) is 28.7 Å². The van der Waals surface area contributed by atoms with Gasteiger partial charge in [-0.1, -0.05) is 0 Å². The number of benzene rings is 1. The van der Waals surface area contributed by atoms with Gasteiger partial charge < -0.3 is 18.8 Å². The summed E-state index contributed by atoms with van der Waals surface area (Å²) in [5, 5.41) is 11.2. The zero-order chi connectivity index (χ0) is 22.5. The number of furan rings is 1. The molecule has 0 aliphatic carbocycles. The van der Waals surface area contributed by atoms with Gasteiger partial charge in [0.15, 0.2) is 0 Å². The molecule has 0 fully saturated rings. The number of hydrogen-bond donors (Lipinski definition) is 1. The summed E-state index contributed by atoms with van der Waals surface area (Å²) < 4.78 is 41.2. The van der Waals surface area contributed by atoms with E-state index in [1.165, 1.54) is 36.3 Å². The molecule has 1 N–H and O–H groups in total. The maximum atomic E-state index is 12.4. The summed E-state index contributed by atoms with van der Waals surface area (Å²) >= 11 is 0. The molecule has 0 unspecified atom stereocenters. The third-order valence-corrected chi connectivity index (χ3v) is 5.16. The van der Waals surface area contributed by atoms with Gasteiger partial charge in [-0.2, -0.15) is 4.72 Å². The first kappa shape index (κ1) is 22.8. The van der Waals surface area contributed by atoms with Gasteiger partial charge in [0.05, 0.1) is 16.9 Å². The Hall–Kier alpha value is -3.45. The Morgan fingerprint density at radius 3 is 2.53 bits per heavy atom. The molecular weight excluding hydrogens is 422 g/mol. The normalized spacial score (nSPS) is 11.0. The Morgan fingerprint density at radius 2 is 1.93 bits per heavy atom. The van der Waals surface area contributed by atoms with Crippen LogP contribution in [0.15, 0.2) is 39.6 Å². The van der Waals surface area contributed by atoms with Crippen LogP contribution in [0.3, 0.4) is 0 Å². The molecular formula is C17H19N3O9S. The summed E-state index contributed by atoms with van der Waals surface area (Å²) in [6, 6.07) is 6.12. The Balaban J connectivity index is 2.00. The fourth-order valence-corrected chi connectivity index (χ4v) is 3.29. The molecule has 1 heterocycles.